The molecule has 1 saturated heterocycles. The fourth-order valence-corrected chi connectivity index (χ4v) is 3.08. The molecule has 16 heavy (non-hydrogen) atoms. The van der Waals surface area contributed by atoms with Gasteiger partial charge in [-0.2, -0.15) is 0 Å². The highest BCUT2D eigenvalue weighted by molar-refractivity contribution is 5.79. The third kappa shape index (κ3) is 2.57. The lowest BCUT2D eigenvalue weighted by Gasteiger charge is -2.28. The van der Waals surface area contributed by atoms with Gasteiger partial charge in [0.05, 0.1) is 5.92 Å². The highest BCUT2D eigenvalue weighted by Crippen LogP contribution is 2.40. The third-order valence-electron chi connectivity index (χ3n) is 4.48. The van der Waals surface area contributed by atoms with Crippen LogP contribution in [0.1, 0.15) is 45.4 Å². The molecule has 92 valence electrons. The summed E-state index contributed by atoms with van der Waals surface area (Å²) in [6, 6.07) is 0. The molecule has 0 bridgehead atoms. The van der Waals surface area contributed by atoms with Gasteiger partial charge in [-0.25, -0.2) is 0 Å². The maximum absolute atomic E-state index is 11.9. The molecule has 1 atom stereocenters. The molecule has 0 aromatic heterocycles. The standard InChI is InChI=1S/C13H24N2O/c1-2-13(6-3-4-7-13)10-15-12(16)11-5-8-14-9-11/h11,14H,2-10H2,1H3,(H,15,16). The average molecular weight is 224 g/mol. The third-order valence-corrected chi connectivity index (χ3v) is 4.48. The van der Waals surface area contributed by atoms with Crippen LogP contribution in [0.2, 0.25) is 0 Å². The predicted octanol–water partition coefficient (Wildman–Crippen LogP) is 1.68. The summed E-state index contributed by atoms with van der Waals surface area (Å²) in [4.78, 5) is 11.9. The van der Waals surface area contributed by atoms with Crippen molar-refractivity contribution in [1.82, 2.24) is 10.6 Å². The van der Waals surface area contributed by atoms with E-state index in [9.17, 15) is 4.79 Å². The minimum absolute atomic E-state index is 0.218. The second-order valence-electron chi connectivity index (χ2n) is 5.47. The normalized spacial score (nSPS) is 28.2. The molecule has 1 amide bonds. The van der Waals surface area contributed by atoms with Crippen LogP contribution in [-0.2, 0) is 4.79 Å². The lowest BCUT2D eigenvalue weighted by atomic mass is 9.83. The summed E-state index contributed by atoms with van der Waals surface area (Å²) in [6.07, 6.45) is 7.49. The molecular weight excluding hydrogens is 200 g/mol. The molecular formula is C13H24N2O. The van der Waals surface area contributed by atoms with Crippen molar-refractivity contribution in [2.75, 3.05) is 19.6 Å². The Bertz CT molecular complexity index is 240. The molecule has 0 aromatic rings. The number of carbonyl (C=O) groups is 1. The molecule has 2 fully saturated rings. The molecule has 1 aliphatic carbocycles. The molecule has 1 heterocycles. The van der Waals surface area contributed by atoms with Crippen LogP contribution in [0.3, 0.4) is 0 Å². The van der Waals surface area contributed by atoms with E-state index in [0.717, 1.165) is 26.1 Å². The Morgan fingerprint density at radius 3 is 2.75 bits per heavy atom. The first-order valence-corrected chi connectivity index (χ1v) is 6.74. The van der Waals surface area contributed by atoms with E-state index in [0.29, 0.717) is 5.41 Å². The minimum Gasteiger partial charge on any atom is -0.355 e. The summed E-state index contributed by atoms with van der Waals surface area (Å²) in [5, 5.41) is 6.42. The van der Waals surface area contributed by atoms with Crippen LogP contribution in [0, 0.1) is 11.3 Å². The van der Waals surface area contributed by atoms with Crippen LogP contribution >= 0.6 is 0 Å². The van der Waals surface area contributed by atoms with Gasteiger partial charge in [0, 0.05) is 13.1 Å². The Morgan fingerprint density at radius 2 is 2.19 bits per heavy atom. The number of carbonyl (C=O) groups excluding carboxylic acids is 1. The van der Waals surface area contributed by atoms with Crippen LogP contribution < -0.4 is 10.6 Å². The van der Waals surface area contributed by atoms with Crippen molar-refractivity contribution in [3.63, 3.8) is 0 Å². The molecule has 1 unspecified atom stereocenters. The molecule has 0 radical (unpaired) electrons. The molecule has 3 nitrogen and oxygen atoms in total. The van der Waals surface area contributed by atoms with Gasteiger partial charge in [-0.05, 0) is 37.6 Å². The SMILES string of the molecule is CCC1(CNC(=O)C2CCNC2)CCCC1. The van der Waals surface area contributed by atoms with Gasteiger partial charge in [0.25, 0.3) is 0 Å². The van der Waals surface area contributed by atoms with Crippen molar-refractivity contribution in [1.29, 1.82) is 0 Å². The fraction of sp³-hybridized carbons (Fsp3) is 0.923. The van der Waals surface area contributed by atoms with Gasteiger partial charge >= 0.3 is 0 Å². The smallest absolute Gasteiger partial charge is 0.224 e. The van der Waals surface area contributed by atoms with Crippen LogP contribution in [0.5, 0.6) is 0 Å². The first kappa shape index (κ1) is 11.9. The summed E-state index contributed by atoms with van der Waals surface area (Å²) < 4.78 is 0. The van der Waals surface area contributed by atoms with E-state index in [4.69, 9.17) is 0 Å². The van der Waals surface area contributed by atoms with Crippen molar-refractivity contribution in [2.45, 2.75) is 45.4 Å². The lowest BCUT2D eigenvalue weighted by molar-refractivity contribution is -0.124. The van der Waals surface area contributed by atoms with Crippen molar-refractivity contribution in [2.24, 2.45) is 11.3 Å². The summed E-state index contributed by atoms with van der Waals surface area (Å²) in [5.74, 6) is 0.486. The summed E-state index contributed by atoms with van der Waals surface area (Å²) in [5.41, 5.74) is 0.418. The number of nitrogens with one attached hydrogen (secondary N) is 2. The van der Waals surface area contributed by atoms with Gasteiger partial charge in [0.1, 0.15) is 0 Å². The molecule has 1 aliphatic heterocycles. The van der Waals surface area contributed by atoms with Gasteiger partial charge in [-0.3, -0.25) is 4.79 Å². The number of amides is 1. The second kappa shape index (κ2) is 5.17. The Balaban J connectivity index is 1.79. The Morgan fingerprint density at radius 1 is 1.44 bits per heavy atom. The molecule has 2 rings (SSSR count). The quantitative estimate of drug-likeness (QED) is 0.763. The summed E-state index contributed by atoms with van der Waals surface area (Å²) >= 11 is 0. The van der Waals surface area contributed by atoms with Gasteiger partial charge in [0.2, 0.25) is 5.91 Å². The largest absolute Gasteiger partial charge is 0.355 e. The maximum atomic E-state index is 11.9. The Labute approximate surface area is 98.4 Å². The first-order chi connectivity index (χ1) is 7.76. The molecule has 2 N–H and O–H groups in total. The lowest BCUT2D eigenvalue weighted by Crippen LogP contribution is -2.39. The van der Waals surface area contributed by atoms with Crippen molar-refractivity contribution in [3.8, 4) is 0 Å². The van der Waals surface area contributed by atoms with E-state index in [2.05, 4.69) is 17.6 Å². The zero-order valence-corrected chi connectivity index (χ0v) is 10.3. The van der Waals surface area contributed by atoms with E-state index >= 15 is 0 Å². The van der Waals surface area contributed by atoms with Crippen molar-refractivity contribution in [3.05, 3.63) is 0 Å². The summed E-state index contributed by atoms with van der Waals surface area (Å²) in [7, 11) is 0. The topological polar surface area (TPSA) is 41.1 Å². The van der Waals surface area contributed by atoms with Gasteiger partial charge in [-0.1, -0.05) is 19.8 Å². The van der Waals surface area contributed by atoms with Gasteiger partial charge in [0.15, 0.2) is 0 Å². The molecule has 2 aliphatic rings. The zero-order valence-electron chi connectivity index (χ0n) is 10.3. The van der Waals surface area contributed by atoms with E-state index in [1.165, 1.54) is 32.1 Å². The molecule has 0 aromatic carbocycles. The van der Waals surface area contributed by atoms with Crippen molar-refractivity contribution < 1.29 is 4.79 Å². The van der Waals surface area contributed by atoms with E-state index in [-0.39, 0.29) is 11.8 Å². The monoisotopic (exact) mass is 224 g/mol. The van der Waals surface area contributed by atoms with Crippen LogP contribution in [0.4, 0.5) is 0 Å². The fourth-order valence-electron chi connectivity index (χ4n) is 3.08. The second-order valence-corrected chi connectivity index (χ2v) is 5.47. The van der Waals surface area contributed by atoms with Crippen LogP contribution in [-0.4, -0.2) is 25.5 Å². The van der Waals surface area contributed by atoms with Gasteiger partial charge < -0.3 is 10.6 Å². The van der Waals surface area contributed by atoms with E-state index in [1.807, 2.05) is 0 Å². The number of rotatable bonds is 4. The van der Waals surface area contributed by atoms with Crippen LogP contribution in [0.25, 0.3) is 0 Å². The number of hydrogen-bond acceptors (Lipinski definition) is 2. The first-order valence-electron chi connectivity index (χ1n) is 6.74. The van der Waals surface area contributed by atoms with E-state index < -0.39 is 0 Å². The van der Waals surface area contributed by atoms with Crippen molar-refractivity contribution >= 4 is 5.91 Å². The minimum atomic E-state index is 0.218. The molecule has 0 spiro atoms. The predicted molar refractivity (Wildman–Crippen MR) is 65.2 cm³/mol. The number of hydrogen-bond donors (Lipinski definition) is 2. The Kier molecular flexibility index (Phi) is 3.85. The average Bonchev–Trinajstić information content (AvgIpc) is 2.98. The van der Waals surface area contributed by atoms with Crippen LogP contribution in [0.15, 0.2) is 0 Å². The van der Waals surface area contributed by atoms with E-state index in [1.54, 1.807) is 0 Å². The summed E-state index contributed by atoms with van der Waals surface area (Å²) in [6.45, 7) is 5.02. The zero-order chi connectivity index (χ0) is 11.4. The Hall–Kier alpha value is -0.570. The highest BCUT2D eigenvalue weighted by Gasteiger charge is 2.33. The molecule has 1 saturated carbocycles. The highest BCUT2D eigenvalue weighted by atomic mass is 16.1. The molecule has 3 heteroatoms. The van der Waals surface area contributed by atoms with Gasteiger partial charge in [-0.15, -0.1) is 0 Å². The maximum Gasteiger partial charge on any atom is 0.224 e.